The maximum atomic E-state index is 12.0. The molecule has 0 aromatic rings. The molecule has 1 saturated heterocycles. The van der Waals surface area contributed by atoms with Crippen LogP contribution in [0.1, 0.15) is 33.1 Å². The Hall–Kier alpha value is -1.31. The van der Waals surface area contributed by atoms with E-state index in [-0.39, 0.29) is 42.5 Å². The van der Waals surface area contributed by atoms with E-state index in [0.29, 0.717) is 19.4 Å². The number of nitrogens with one attached hydrogen (secondary N) is 1. The van der Waals surface area contributed by atoms with Crippen molar-refractivity contribution in [3.63, 3.8) is 0 Å². The zero-order chi connectivity index (χ0) is 16.0. The Balaban J connectivity index is 2.29. The quantitative estimate of drug-likeness (QED) is 0.750. The fourth-order valence-electron chi connectivity index (χ4n) is 2.34. The maximum absolute atomic E-state index is 12.0. The van der Waals surface area contributed by atoms with Gasteiger partial charge in [0, 0.05) is 25.6 Å². The van der Waals surface area contributed by atoms with E-state index in [9.17, 15) is 18.0 Å². The summed E-state index contributed by atoms with van der Waals surface area (Å²) in [6.45, 7) is 4.37. The lowest BCUT2D eigenvalue weighted by Gasteiger charge is -2.33. The molecule has 0 saturated carbocycles. The second-order valence-corrected chi connectivity index (χ2v) is 7.94. The van der Waals surface area contributed by atoms with E-state index in [0.717, 1.165) is 0 Å². The Morgan fingerprint density at radius 1 is 1.38 bits per heavy atom. The van der Waals surface area contributed by atoms with Crippen LogP contribution in [0.15, 0.2) is 0 Å². The Labute approximate surface area is 125 Å². The number of urea groups is 1. The van der Waals surface area contributed by atoms with Crippen molar-refractivity contribution in [2.45, 2.75) is 39.2 Å². The van der Waals surface area contributed by atoms with Gasteiger partial charge in [0.25, 0.3) is 0 Å². The molecule has 0 spiro atoms. The summed E-state index contributed by atoms with van der Waals surface area (Å²) in [5, 5.41) is 11.4. The maximum Gasteiger partial charge on any atom is 0.317 e. The molecular weight excluding hydrogens is 296 g/mol. The average Bonchev–Trinajstić information content (AvgIpc) is 2.35. The summed E-state index contributed by atoms with van der Waals surface area (Å²) < 4.78 is 22.9. The molecule has 2 atom stereocenters. The van der Waals surface area contributed by atoms with Crippen LogP contribution in [-0.2, 0) is 14.6 Å². The number of sulfone groups is 1. The van der Waals surface area contributed by atoms with Crippen molar-refractivity contribution in [1.82, 2.24) is 10.2 Å². The van der Waals surface area contributed by atoms with Crippen molar-refractivity contribution < 1.29 is 23.1 Å². The number of hydrogen-bond acceptors (Lipinski definition) is 4. The third-order valence-corrected chi connectivity index (χ3v) is 5.49. The predicted molar refractivity (Wildman–Crippen MR) is 78.9 cm³/mol. The van der Waals surface area contributed by atoms with Crippen LogP contribution in [0.5, 0.6) is 0 Å². The molecule has 0 aromatic carbocycles. The number of carboxylic acids is 1. The minimum atomic E-state index is -3.03. The van der Waals surface area contributed by atoms with Crippen molar-refractivity contribution in [2.75, 3.05) is 24.6 Å². The van der Waals surface area contributed by atoms with E-state index >= 15 is 0 Å². The number of nitrogens with zero attached hydrogens (tertiary/aromatic N) is 1. The first-order valence-corrected chi connectivity index (χ1v) is 9.00. The molecule has 7 nitrogen and oxygen atoms in total. The SMILES string of the molecule is CC(CCNC(=O)N1CCS(=O)(=O)CC1C)CCC(=O)O. The third kappa shape index (κ3) is 6.33. The van der Waals surface area contributed by atoms with Crippen molar-refractivity contribution in [1.29, 1.82) is 0 Å². The number of carboxylic acid groups (broad SMARTS) is 1. The van der Waals surface area contributed by atoms with Crippen LogP contribution >= 0.6 is 0 Å². The van der Waals surface area contributed by atoms with Gasteiger partial charge in [-0.25, -0.2) is 13.2 Å². The Morgan fingerprint density at radius 3 is 2.62 bits per heavy atom. The first-order chi connectivity index (χ1) is 9.71. The van der Waals surface area contributed by atoms with E-state index in [4.69, 9.17) is 5.11 Å². The first kappa shape index (κ1) is 17.7. The summed E-state index contributed by atoms with van der Waals surface area (Å²) in [5.41, 5.74) is 0. The molecular formula is C13H24N2O5S. The molecule has 0 bridgehead atoms. The molecule has 1 rings (SSSR count). The van der Waals surface area contributed by atoms with Crippen LogP contribution in [-0.4, -0.2) is 61.1 Å². The molecule has 1 aliphatic heterocycles. The third-order valence-electron chi connectivity index (χ3n) is 3.70. The molecule has 1 heterocycles. The van der Waals surface area contributed by atoms with Crippen LogP contribution in [0.25, 0.3) is 0 Å². The van der Waals surface area contributed by atoms with Crippen molar-refractivity contribution >= 4 is 21.8 Å². The highest BCUT2D eigenvalue weighted by Crippen LogP contribution is 2.12. The number of amides is 2. The average molecular weight is 320 g/mol. The van der Waals surface area contributed by atoms with Crippen LogP contribution in [0.4, 0.5) is 4.79 Å². The monoisotopic (exact) mass is 320 g/mol. The van der Waals surface area contributed by atoms with E-state index < -0.39 is 15.8 Å². The summed E-state index contributed by atoms with van der Waals surface area (Å²) in [6, 6.07) is -0.559. The van der Waals surface area contributed by atoms with Gasteiger partial charge >= 0.3 is 12.0 Å². The van der Waals surface area contributed by atoms with Gasteiger partial charge in [-0.1, -0.05) is 6.92 Å². The van der Waals surface area contributed by atoms with E-state index in [1.54, 1.807) is 11.8 Å². The van der Waals surface area contributed by atoms with E-state index in [2.05, 4.69) is 5.32 Å². The highest BCUT2D eigenvalue weighted by molar-refractivity contribution is 7.91. The van der Waals surface area contributed by atoms with Gasteiger partial charge in [-0.2, -0.15) is 0 Å². The van der Waals surface area contributed by atoms with E-state index in [1.165, 1.54) is 0 Å². The molecule has 0 aromatic heterocycles. The summed E-state index contributed by atoms with van der Waals surface area (Å²) in [7, 11) is -3.03. The molecule has 2 amide bonds. The lowest BCUT2D eigenvalue weighted by molar-refractivity contribution is -0.137. The lowest BCUT2D eigenvalue weighted by Crippen LogP contribution is -2.53. The summed E-state index contributed by atoms with van der Waals surface area (Å²) in [6.07, 6.45) is 1.43. The van der Waals surface area contributed by atoms with Gasteiger partial charge in [-0.3, -0.25) is 4.79 Å². The Morgan fingerprint density at radius 2 is 2.05 bits per heavy atom. The fraction of sp³-hybridized carbons (Fsp3) is 0.846. The number of carbonyl (C=O) groups is 2. The number of carbonyl (C=O) groups excluding carboxylic acids is 1. The van der Waals surface area contributed by atoms with Gasteiger partial charge in [0.15, 0.2) is 9.84 Å². The van der Waals surface area contributed by atoms with Crippen LogP contribution in [0.2, 0.25) is 0 Å². The summed E-state index contributed by atoms with van der Waals surface area (Å²) in [4.78, 5) is 24.0. The normalized spacial score (nSPS) is 22.6. The zero-order valence-electron chi connectivity index (χ0n) is 12.5. The molecule has 122 valence electrons. The molecule has 1 aliphatic rings. The molecule has 0 radical (unpaired) electrons. The van der Waals surface area contributed by atoms with E-state index in [1.807, 2.05) is 6.92 Å². The highest BCUT2D eigenvalue weighted by Gasteiger charge is 2.30. The minimum absolute atomic E-state index is 0.00936. The highest BCUT2D eigenvalue weighted by atomic mass is 32.2. The molecule has 2 N–H and O–H groups in total. The van der Waals surface area contributed by atoms with Gasteiger partial charge in [-0.05, 0) is 25.7 Å². The lowest BCUT2D eigenvalue weighted by atomic mass is 10.0. The number of hydrogen-bond donors (Lipinski definition) is 2. The smallest absolute Gasteiger partial charge is 0.317 e. The molecule has 2 unspecified atom stereocenters. The zero-order valence-corrected chi connectivity index (χ0v) is 13.4. The van der Waals surface area contributed by atoms with Crippen LogP contribution in [0, 0.1) is 5.92 Å². The number of rotatable bonds is 6. The Bertz CT molecular complexity index is 477. The molecule has 1 fully saturated rings. The van der Waals surface area contributed by atoms with Crippen molar-refractivity contribution in [2.24, 2.45) is 5.92 Å². The summed E-state index contributed by atoms with van der Waals surface area (Å²) >= 11 is 0. The van der Waals surface area contributed by atoms with Gasteiger partial charge in [0.2, 0.25) is 0 Å². The number of aliphatic carboxylic acids is 1. The predicted octanol–water partition coefficient (Wildman–Crippen LogP) is 0.706. The summed E-state index contributed by atoms with van der Waals surface area (Å²) in [5.74, 6) is -0.565. The van der Waals surface area contributed by atoms with Gasteiger partial charge in [0.1, 0.15) is 0 Å². The van der Waals surface area contributed by atoms with Crippen molar-refractivity contribution in [3.05, 3.63) is 0 Å². The standard InChI is InChI=1S/C13H24N2O5S/c1-10(3-4-12(16)17)5-6-14-13(18)15-7-8-21(19,20)9-11(15)2/h10-11H,3-9H2,1-2H3,(H,14,18)(H,16,17). The first-order valence-electron chi connectivity index (χ1n) is 7.18. The topological polar surface area (TPSA) is 104 Å². The molecule has 21 heavy (non-hydrogen) atoms. The largest absolute Gasteiger partial charge is 0.481 e. The molecule has 8 heteroatoms. The van der Waals surface area contributed by atoms with Gasteiger partial charge in [0.05, 0.1) is 11.5 Å². The van der Waals surface area contributed by atoms with Crippen LogP contribution in [0.3, 0.4) is 0 Å². The van der Waals surface area contributed by atoms with Crippen molar-refractivity contribution in [3.8, 4) is 0 Å². The Kier molecular flexibility index (Phi) is 6.44. The van der Waals surface area contributed by atoms with Crippen LogP contribution < -0.4 is 5.32 Å². The van der Waals surface area contributed by atoms with Gasteiger partial charge in [-0.15, -0.1) is 0 Å². The second kappa shape index (κ2) is 7.63. The second-order valence-electron chi connectivity index (χ2n) is 5.71. The molecule has 0 aliphatic carbocycles. The minimum Gasteiger partial charge on any atom is -0.481 e. The van der Waals surface area contributed by atoms with Gasteiger partial charge < -0.3 is 15.3 Å². The fourth-order valence-corrected chi connectivity index (χ4v) is 3.90.